The molecule has 21 heavy (non-hydrogen) atoms. The SMILES string of the molecule is NCCC1C(=O)N(c2ccccc2)NC1c1ccccc1. The Morgan fingerprint density at radius 3 is 2.24 bits per heavy atom. The van der Waals surface area contributed by atoms with Crippen molar-refractivity contribution in [2.45, 2.75) is 12.5 Å². The largest absolute Gasteiger partial charge is 0.330 e. The van der Waals surface area contributed by atoms with Crippen LogP contribution >= 0.6 is 0 Å². The molecule has 2 atom stereocenters. The summed E-state index contributed by atoms with van der Waals surface area (Å²) in [5.74, 6) is -0.0434. The van der Waals surface area contributed by atoms with E-state index in [1.807, 2.05) is 60.7 Å². The maximum Gasteiger partial charge on any atom is 0.246 e. The Morgan fingerprint density at radius 1 is 1.00 bits per heavy atom. The second-order valence-corrected chi connectivity index (χ2v) is 5.21. The number of nitrogens with one attached hydrogen (secondary N) is 1. The van der Waals surface area contributed by atoms with Gasteiger partial charge in [0.2, 0.25) is 5.91 Å². The highest BCUT2D eigenvalue weighted by atomic mass is 16.2. The van der Waals surface area contributed by atoms with E-state index in [-0.39, 0.29) is 17.9 Å². The molecular weight excluding hydrogens is 262 g/mol. The van der Waals surface area contributed by atoms with E-state index in [0.29, 0.717) is 13.0 Å². The number of amides is 1. The summed E-state index contributed by atoms with van der Waals surface area (Å²) >= 11 is 0. The van der Waals surface area contributed by atoms with Crippen LogP contribution in [0.4, 0.5) is 5.69 Å². The molecule has 1 amide bonds. The topological polar surface area (TPSA) is 58.4 Å². The summed E-state index contributed by atoms with van der Waals surface area (Å²) < 4.78 is 0. The van der Waals surface area contributed by atoms with Gasteiger partial charge in [0.25, 0.3) is 0 Å². The summed E-state index contributed by atoms with van der Waals surface area (Å²) in [7, 11) is 0. The van der Waals surface area contributed by atoms with Gasteiger partial charge in [-0.05, 0) is 30.7 Å². The van der Waals surface area contributed by atoms with Gasteiger partial charge in [-0.15, -0.1) is 0 Å². The highest BCUT2D eigenvalue weighted by molar-refractivity contribution is 5.97. The molecule has 1 fully saturated rings. The van der Waals surface area contributed by atoms with Gasteiger partial charge in [-0.2, -0.15) is 0 Å². The highest BCUT2D eigenvalue weighted by Crippen LogP contribution is 2.34. The van der Waals surface area contributed by atoms with Crippen LogP contribution in [0.25, 0.3) is 0 Å². The molecule has 0 saturated carbocycles. The number of hydrogen-bond donors (Lipinski definition) is 2. The van der Waals surface area contributed by atoms with E-state index < -0.39 is 0 Å². The number of nitrogens with two attached hydrogens (primary N) is 1. The van der Waals surface area contributed by atoms with Crippen LogP contribution in [0.1, 0.15) is 18.0 Å². The smallest absolute Gasteiger partial charge is 0.246 e. The minimum Gasteiger partial charge on any atom is -0.330 e. The number of benzene rings is 2. The number of anilines is 1. The standard InChI is InChI=1S/C17H19N3O/c18-12-11-15-16(13-7-3-1-4-8-13)19-20(17(15)21)14-9-5-2-6-10-14/h1-10,15-16,19H,11-12,18H2. The average molecular weight is 281 g/mol. The van der Waals surface area contributed by atoms with Crippen LogP contribution < -0.4 is 16.2 Å². The quantitative estimate of drug-likeness (QED) is 0.903. The molecule has 1 heterocycles. The third-order valence-electron chi connectivity index (χ3n) is 3.86. The minimum absolute atomic E-state index is 0.0255. The zero-order valence-electron chi connectivity index (χ0n) is 11.8. The maximum absolute atomic E-state index is 12.7. The van der Waals surface area contributed by atoms with E-state index >= 15 is 0 Å². The molecule has 2 aromatic rings. The molecule has 0 aromatic heterocycles. The van der Waals surface area contributed by atoms with Crippen molar-refractivity contribution in [3.05, 3.63) is 66.2 Å². The van der Waals surface area contributed by atoms with E-state index in [2.05, 4.69) is 5.43 Å². The molecule has 1 saturated heterocycles. The second kappa shape index (κ2) is 6.08. The molecule has 1 aliphatic heterocycles. The van der Waals surface area contributed by atoms with Crippen LogP contribution in [0, 0.1) is 5.92 Å². The highest BCUT2D eigenvalue weighted by Gasteiger charge is 2.40. The molecule has 0 spiro atoms. The first-order valence-electron chi connectivity index (χ1n) is 7.21. The van der Waals surface area contributed by atoms with E-state index in [1.165, 1.54) is 0 Å². The fraction of sp³-hybridized carbons (Fsp3) is 0.235. The minimum atomic E-state index is -0.127. The van der Waals surface area contributed by atoms with Gasteiger partial charge in [-0.25, -0.2) is 10.4 Å². The van der Waals surface area contributed by atoms with Crippen LogP contribution in [-0.4, -0.2) is 12.5 Å². The van der Waals surface area contributed by atoms with E-state index in [0.717, 1.165) is 11.3 Å². The average Bonchev–Trinajstić information content (AvgIpc) is 2.87. The van der Waals surface area contributed by atoms with E-state index in [9.17, 15) is 4.79 Å². The van der Waals surface area contributed by atoms with Gasteiger partial charge >= 0.3 is 0 Å². The van der Waals surface area contributed by atoms with Gasteiger partial charge in [0.15, 0.2) is 0 Å². The zero-order valence-corrected chi connectivity index (χ0v) is 11.8. The van der Waals surface area contributed by atoms with Crippen molar-refractivity contribution in [2.24, 2.45) is 11.7 Å². The molecule has 1 aliphatic rings. The fourth-order valence-corrected chi connectivity index (χ4v) is 2.82. The molecule has 0 bridgehead atoms. The lowest BCUT2D eigenvalue weighted by Gasteiger charge is -2.18. The van der Waals surface area contributed by atoms with Gasteiger partial charge in [0.1, 0.15) is 0 Å². The normalized spacial score (nSPS) is 21.8. The number of hydrazine groups is 1. The predicted molar refractivity (Wildman–Crippen MR) is 83.4 cm³/mol. The van der Waals surface area contributed by atoms with Crippen LogP contribution in [0.5, 0.6) is 0 Å². The van der Waals surface area contributed by atoms with Crippen molar-refractivity contribution in [3.63, 3.8) is 0 Å². The number of nitrogens with zero attached hydrogens (tertiary/aromatic N) is 1. The number of hydrogen-bond acceptors (Lipinski definition) is 3. The molecule has 2 aromatic carbocycles. The van der Waals surface area contributed by atoms with Gasteiger partial charge in [-0.3, -0.25) is 4.79 Å². The molecule has 0 radical (unpaired) electrons. The monoisotopic (exact) mass is 281 g/mol. The van der Waals surface area contributed by atoms with Crippen LogP contribution in [-0.2, 0) is 4.79 Å². The summed E-state index contributed by atoms with van der Waals surface area (Å²) in [5.41, 5.74) is 11.0. The van der Waals surface area contributed by atoms with Crippen LogP contribution in [0.3, 0.4) is 0 Å². The number of carbonyl (C=O) groups is 1. The molecule has 4 nitrogen and oxygen atoms in total. The maximum atomic E-state index is 12.7. The predicted octanol–water partition coefficient (Wildman–Crippen LogP) is 2.24. The number of rotatable bonds is 4. The lowest BCUT2D eigenvalue weighted by atomic mass is 9.91. The third-order valence-corrected chi connectivity index (χ3v) is 3.86. The summed E-state index contributed by atoms with van der Waals surface area (Å²) in [4.78, 5) is 12.7. The lowest BCUT2D eigenvalue weighted by Crippen LogP contribution is -2.35. The van der Waals surface area contributed by atoms with Gasteiger partial charge in [0, 0.05) is 0 Å². The molecule has 108 valence electrons. The van der Waals surface area contributed by atoms with Crippen molar-refractivity contribution in [1.29, 1.82) is 0 Å². The zero-order chi connectivity index (χ0) is 14.7. The van der Waals surface area contributed by atoms with Gasteiger partial charge in [-0.1, -0.05) is 48.5 Å². The first-order valence-corrected chi connectivity index (χ1v) is 7.21. The van der Waals surface area contributed by atoms with Crippen LogP contribution in [0.2, 0.25) is 0 Å². The Labute approximate surface area is 124 Å². The van der Waals surface area contributed by atoms with Crippen molar-refractivity contribution < 1.29 is 4.79 Å². The molecule has 2 unspecified atom stereocenters. The van der Waals surface area contributed by atoms with Crippen molar-refractivity contribution in [2.75, 3.05) is 11.6 Å². The van der Waals surface area contributed by atoms with Crippen molar-refractivity contribution in [1.82, 2.24) is 5.43 Å². The summed E-state index contributed by atoms with van der Waals surface area (Å²) in [6.45, 7) is 0.504. The number of carbonyl (C=O) groups excluding carboxylic acids is 1. The first-order chi connectivity index (χ1) is 10.3. The molecule has 4 heteroatoms. The summed E-state index contributed by atoms with van der Waals surface area (Å²) in [6, 6.07) is 19.7. The lowest BCUT2D eigenvalue weighted by molar-refractivity contribution is -0.120. The van der Waals surface area contributed by atoms with Crippen LogP contribution in [0.15, 0.2) is 60.7 Å². The second-order valence-electron chi connectivity index (χ2n) is 5.21. The molecule has 3 rings (SSSR count). The van der Waals surface area contributed by atoms with Crippen molar-refractivity contribution >= 4 is 11.6 Å². The van der Waals surface area contributed by atoms with Gasteiger partial charge < -0.3 is 5.73 Å². The first kappa shape index (κ1) is 13.8. The Balaban J connectivity index is 1.92. The molecule has 0 aliphatic carbocycles. The Kier molecular flexibility index (Phi) is 3.99. The molecular formula is C17H19N3O. The Hall–Kier alpha value is -2.17. The third kappa shape index (κ3) is 2.68. The Morgan fingerprint density at radius 2 is 1.62 bits per heavy atom. The molecule has 3 N–H and O–H groups in total. The van der Waals surface area contributed by atoms with E-state index in [1.54, 1.807) is 5.01 Å². The van der Waals surface area contributed by atoms with Crippen molar-refractivity contribution in [3.8, 4) is 0 Å². The van der Waals surface area contributed by atoms with Gasteiger partial charge in [0.05, 0.1) is 17.6 Å². The van der Waals surface area contributed by atoms with E-state index in [4.69, 9.17) is 5.73 Å². The fourth-order valence-electron chi connectivity index (χ4n) is 2.82. The number of para-hydroxylation sites is 1. The Bertz CT molecular complexity index is 600. The summed E-state index contributed by atoms with van der Waals surface area (Å²) in [6.07, 6.45) is 0.675. The summed E-state index contributed by atoms with van der Waals surface area (Å²) in [5, 5.41) is 1.65.